The molecule has 2 aromatic rings. The molecule has 0 saturated heterocycles. The van der Waals surface area contributed by atoms with E-state index in [2.05, 4.69) is 42.3 Å². The van der Waals surface area contributed by atoms with Crippen LogP contribution >= 0.6 is 0 Å². The number of anilines is 1. The normalized spacial score (nSPS) is 12.9. The summed E-state index contributed by atoms with van der Waals surface area (Å²) in [6, 6.07) is 8.30. The predicted molar refractivity (Wildman–Crippen MR) is 77.6 cm³/mol. The second kappa shape index (κ2) is 5.83. The molecule has 3 N–H and O–H groups in total. The summed E-state index contributed by atoms with van der Waals surface area (Å²) in [6.07, 6.45) is 3.73. The number of nitrogens with one attached hydrogen (secondary N) is 1. The van der Waals surface area contributed by atoms with E-state index in [1.807, 2.05) is 18.5 Å². The van der Waals surface area contributed by atoms with Crippen molar-refractivity contribution < 1.29 is 0 Å². The SMILES string of the molecule is CC(C)C(CN)CNc1cccc2ccncc12. The maximum Gasteiger partial charge on any atom is 0.0435 e. The molecule has 1 atom stereocenters. The maximum absolute atomic E-state index is 5.80. The molecule has 0 radical (unpaired) electrons. The molecule has 0 aliphatic carbocycles. The highest BCUT2D eigenvalue weighted by Crippen LogP contribution is 2.22. The van der Waals surface area contributed by atoms with E-state index in [1.54, 1.807) is 0 Å². The Labute approximate surface area is 108 Å². The fraction of sp³-hybridized carbons (Fsp3) is 0.400. The van der Waals surface area contributed by atoms with Gasteiger partial charge in [0.05, 0.1) is 0 Å². The standard InChI is InChI=1S/C15H21N3/c1-11(2)13(8-16)9-18-15-5-3-4-12-6-7-17-10-14(12)15/h3-7,10-11,13,18H,8-9,16H2,1-2H3. The van der Waals surface area contributed by atoms with Crippen molar-refractivity contribution in [1.29, 1.82) is 0 Å². The van der Waals surface area contributed by atoms with Gasteiger partial charge in [0.25, 0.3) is 0 Å². The molecule has 1 unspecified atom stereocenters. The Morgan fingerprint density at radius 3 is 2.83 bits per heavy atom. The van der Waals surface area contributed by atoms with E-state index in [4.69, 9.17) is 5.73 Å². The summed E-state index contributed by atoms with van der Waals surface area (Å²) < 4.78 is 0. The number of pyridine rings is 1. The first kappa shape index (κ1) is 12.8. The highest BCUT2D eigenvalue weighted by Gasteiger charge is 2.11. The zero-order chi connectivity index (χ0) is 13.0. The minimum atomic E-state index is 0.497. The van der Waals surface area contributed by atoms with E-state index in [0.29, 0.717) is 18.4 Å². The van der Waals surface area contributed by atoms with Crippen LogP contribution < -0.4 is 11.1 Å². The molecular weight excluding hydrogens is 222 g/mol. The molecule has 1 aromatic carbocycles. The van der Waals surface area contributed by atoms with Crippen LogP contribution in [0.1, 0.15) is 13.8 Å². The molecule has 3 nitrogen and oxygen atoms in total. The minimum Gasteiger partial charge on any atom is -0.384 e. The number of nitrogens with two attached hydrogens (primary N) is 1. The Hall–Kier alpha value is -1.61. The van der Waals surface area contributed by atoms with Gasteiger partial charge in [-0.1, -0.05) is 26.0 Å². The average Bonchev–Trinajstić information content (AvgIpc) is 2.39. The second-order valence-electron chi connectivity index (χ2n) is 5.02. The molecule has 0 aliphatic heterocycles. The van der Waals surface area contributed by atoms with E-state index in [1.165, 1.54) is 10.8 Å². The second-order valence-corrected chi connectivity index (χ2v) is 5.02. The highest BCUT2D eigenvalue weighted by atomic mass is 14.9. The molecule has 1 aromatic heterocycles. The molecule has 0 bridgehead atoms. The Bertz CT molecular complexity index is 503. The van der Waals surface area contributed by atoms with Crippen LogP contribution in [0.25, 0.3) is 10.8 Å². The highest BCUT2D eigenvalue weighted by molar-refractivity contribution is 5.93. The van der Waals surface area contributed by atoms with Gasteiger partial charge in [0.15, 0.2) is 0 Å². The van der Waals surface area contributed by atoms with Crippen molar-refractivity contribution in [2.24, 2.45) is 17.6 Å². The zero-order valence-corrected chi connectivity index (χ0v) is 11.1. The first-order chi connectivity index (χ1) is 8.72. The first-order valence-corrected chi connectivity index (χ1v) is 6.49. The summed E-state index contributed by atoms with van der Waals surface area (Å²) in [5.41, 5.74) is 6.94. The lowest BCUT2D eigenvalue weighted by Gasteiger charge is -2.20. The first-order valence-electron chi connectivity index (χ1n) is 6.49. The van der Waals surface area contributed by atoms with E-state index >= 15 is 0 Å². The van der Waals surface area contributed by atoms with Gasteiger partial charge in [0.1, 0.15) is 0 Å². The van der Waals surface area contributed by atoms with Gasteiger partial charge in [-0.05, 0) is 35.9 Å². The Morgan fingerprint density at radius 1 is 1.28 bits per heavy atom. The molecule has 0 saturated carbocycles. The Kier molecular flexibility index (Phi) is 4.15. The lowest BCUT2D eigenvalue weighted by molar-refractivity contribution is 0.413. The van der Waals surface area contributed by atoms with Crippen LogP contribution in [0.15, 0.2) is 36.7 Å². The lowest BCUT2D eigenvalue weighted by atomic mass is 9.96. The van der Waals surface area contributed by atoms with Crippen LogP contribution in [0.3, 0.4) is 0 Å². The predicted octanol–water partition coefficient (Wildman–Crippen LogP) is 2.88. The summed E-state index contributed by atoms with van der Waals surface area (Å²) in [5.74, 6) is 1.09. The van der Waals surface area contributed by atoms with Crippen molar-refractivity contribution in [2.45, 2.75) is 13.8 Å². The van der Waals surface area contributed by atoms with Gasteiger partial charge in [-0.25, -0.2) is 0 Å². The summed E-state index contributed by atoms with van der Waals surface area (Å²) >= 11 is 0. The molecule has 1 heterocycles. The molecule has 0 fully saturated rings. The number of rotatable bonds is 5. The van der Waals surface area contributed by atoms with Crippen LogP contribution in [0, 0.1) is 11.8 Å². The smallest absolute Gasteiger partial charge is 0.0435 e. The summed E-state index contributed by atoms with van der Waals surface area (Å²) in [7, 11) is 0. The molecular formula is C15H21N3. The molecule has 3 heteroatoms. The van der Waals surface area contributed by atoms with Crippen LogP contribution in [-0.4, -0.2) is 18.1 Å². The largest absolute Gasteiger partial charge is 0.384 e. The Balaban J connectivity index is 2.17. The summed E-state index contributed by atoms with van der Waals surface area (Å²) in [6.45, 7) is 6.05. The van der Waals surface area contributed by atoms with Crippen LogP contribution in [0.2, 0.25) is 0 Å². The molecule has 0 aliphatic rings. The number of nitrogens with zero attached hydrogens (tertiary/aromatic N) is 1. The van der Waals surface area contributed by atoms with Gasteiger partial charge in [-0.15, -0.1) is 0 Å². The van der Waals surface area contributed by atoms with Crippen molar-refractivity contribution in [3.05, 3.63) is 36.7 Å². The maximum atomic E-state index is 5.80. The van der Waals surface area contributed by atoms with E-state index < -0.39 is 0 Å². The van der Waals surface area contributed by atoms with Gasteiger partial charge in [-0.2, -0.15) is 0 Å². The average molecular weight is 243 g/mol. The quantitative estimate of drug-likeness (QED) is 0.849. The third kappa shape index (κ3) is 2.79. The van der Waals surface area contributed by atoms with Gasteiger partial charge >= 0.3 is 0 Å². The fourth-order valence-electron chi connectivity index (χ4n) is 2.10. The lowest BCUT2D eigenvalue weighted by Crippen LogP contribution is -2.27. The van der Waals surface area contributed by atoms with Crippen molar-refractivity contribution >= 4 is 16.5 Å². The zero-order valence-electron chi connectivity index (χ0n) is 11.1. The number of benzene rings is 1. The van der Waals surface area contributed by atoms with Crippen molar-refractivity contribution in [3.8, 4) is 0 Å². The van der Waals surface area contributed by atoms with Gasteiger partial charge in [0, 0.05) is 30.0 Å². The van der Waals surface area contributed by atoms with Crippen molar-refractivity contribution in [3.63, 3.8) is 0 Å². The van der Waals surface area contributed by atoms with Crippen LogP contribution in [0.4, 0.5) is 5.69 Å². The monoisotopic (exact) mass is 243 g/mol. The number of aromatic nitrogens is 1. The van der Waals surface area contributed by atoms with E-state index in [0.717, 1.165) is 12.2 Å². The minimum absolute atomic E-state index is 0.497. The number of hydrogen-bond donors (Lipinski definition) is 2. The van der Waals surface area contributed by atoms with Gasteiger partial charge < -0.3 is 11.1 Å². The molecule has 18 heavy (non-hydrogen) atoms. The molecule has 96 valence electrons. The molecule has 0 amide bonds. The fourth-order valence-corrected chi connectivity index (χ4v) is 2.10. The van der Waals surface area contributed by atoms with E-state index in [-0.39, 0.29) is 0 Å². The van der Waals surface area contributed by atoms with E-state index in [9.17, 15) is 0 Å². The van der Waals surface area contributed by atoms with Crippen molar-refractivity contribution in [2.75, 3.05) is 18.4 Å². The Morgan fingerprint density at radius 2 is 2.11 bits per heavy atom. The third-order valence-electron chi connectivity index (χ3n) is 3.48. The molecule has 0 spiro atoms. The summed E-state index contributed by atoms with van der Waals surface area (Å²) in [5, 5.41) is 5.88. The van der Waals surface area contributed by atoms with Gasteiger partial charge in [0.2, 0.25) is 0 Å². The number of fused-ring (bicyclic) bond motifs is 1. The topological polar surface area (TPSA) is 50.9 Å². The van der Waals surface area contributed by atoms with Crippen LogP contribution in [0.5, 0.6) is 0 Å². The van der Waals surface area contributed by atoms with Gasteiger partial charge in [-0.3, -0.25) is 4.98 Å². The summed E-state index contributed by atoms with van der Waals surface area (Å²) in [4.78, 5) is 4.19. The number of hydrogen-bond acceptors (Lipinski definition) is 3. The third-order valence-corrected chi connectivity index (χ3v) is 3.48. The van der Waals surface area contributed by atoms with Crippen molar-refractivity contribution in [1.82, 2.24) is 4.98 Å². The molecule has 2 rings (SSSR count). The van der Waals surface area contributed by atoms with Crippen LogP contribution in [-0.2, 0) is 0 Å².